The van der Waals surface area contributed by atoms with Crippen molar-refractivity contribution in [1.29, 1.82) is 0 Å². The first-order valence-corrected chi connectivity index (χ1v) is 9.65. The van der Waals surface area contributed by atoms with E-state index in [0.717, 1.165) is 6.07 Å². The standard InChI is InChI=1S/C19H18ClF2N5O3/c1-23-15(28)13-14(25-8-24-13)16(29)27-19-4-2-18(19,3-5-19)17(30)26-12-10(20)6-9(21)7-11(12)22/h6-8H,2-5H2,1H3,(H,23,28)(H,24,25)(H,26,30)(H,27,29). The second-order valence-electron chi connectivity index (χ2n) is 7.52. The van der Waals surface area contributed by atoms with Gasteiger partial charge in [-0.3, -0.25) is 14.4 Å². The Bertz CT molecular complexity index is 1040. The number of hydrogen-bond donors (Lipinski definition) is 4. The van der Waals surface area contributed by atoms with Crippen LogP contribution in [-0.2, 0) is 4.79 Å². The molecule has 0 saturated heterocycles. The van der Waals surface area contributed by atoms with Crippen molar-refractivity contribution in [3.05, 3.63) is 46.5 Å². The van der Waals surface area contributed by atoms with Crippen molar-refractivity contribution >= 4 is 35.0 Å². The molecule has 4 rings (SSSR count). The predicted molar refractivity (Wildman–Crippen MR) is 103 cm³/mol. The molecule has 1 heterocycles. The zero-order chi connectivity index (χ0) is 21.7. The molecule has 0 spiro atoms. The summed E-state index contributed by atoms with van der Waals surface area (Å²) in [5.74, 6) is -3.42. The lowest BCUT2D eigenvalue weighted by atomic mass is 9.42. The van der Waals surface area contributed by atoms with Gasteiger partial charge in [0.2, 0.25) is 5.91 Å². The number of benzene rings is 1. The number of nitrogens with one attached hydrogen (secondary N) is 4. The van der Waals surface area contributed by atoms with Gasteiger partial charge >= 0.3 is 0 Å². The summed E-state index contributed by atoms with van der Waals surface area (Å²) < 4.78 is 27.3. The van der Waals surface area contributed by atoms with Gasteiger partial charge in [-0.1, -0.05) is 11.6 Å². The van der Waals surface area contributed by atoms with Crippen LogP contribution in [0, 0.1) is 17.0 Å². The Morgan fingerprint density at radius 3 is 2.40 bits per heavy atom. The minimum absolute atomic E-state index is 0.0141. The zero-order valence-corrected chi connectivity index (χ0v) is 16.6. The Hall–Kier alpha value is -3.01. The van der Waals surface area contributed by atoms with Crippen LogP contribution in [0.1, 0.15) is 46.7 Å². The van der Waals surface area contributed by atoms with Crippen LogP contribution in [-0.4, -0.2) is 40.3 Å². The van der Waals surface area contributed by atoms with Crippen LogP contribution in [0.4, 0.5) is 14.5 Å². The first-order valence-electron chi connectivity index (χ1n) is 9.27. The van der Waals surface area contributed by atoms with Gasteiger partial charge in [-0.25, -0.2) is 13.8 Å². The molecule has 0 bridgehead atoms. The Labute approximate surface area is 174 Å². The van der Waals surface area contributed by atoms with E-state index >= 15 is 0 Å². The van der Waals surface area contributed by atoms with Crippen molar-refractivity contribution in [2.75, 3.05) is 12.4 Å². The van der Waals surface area contributed by atoms with E-state index in [4.69, 9.17) is 11.6 Å². The van der Waals surface area contributed by atoms with E-state index in [1.165, 1.54) is 13.4 Å². The first-order chi connectivity index (χ1) is 14.2. The van der Waals surface area contributed by atoms with Crippen LogP contribution < -0.4 is 16.0 Å². The van der Waals surface area contributed by atoms with Gasteiger partial charge in [-0.05, 0) is 31.7 Å². The quantitative estimate of drug-likeness (QED) is 0.574. The Balaban J connectivity index is 1.54. The van der Waals surface area contributed by atoms with Crippen LogP contribution in [0.25, 0.3) is 0 Å². The van der Waals surface area contributed by atoms with Crippen LogP contribution in [0.5, 0.6) is 0 Å². The van der Waals surface area contributed by atoms with E-state index in [9.17, 15) is 23.2 Å². The Morgan fingerprint density at radius 1 is 1.13 bits per heavy atom. The number of rotatable bonds is 5. The van der Waals surface area contributed by atoms with Crippen molar-refractivity contribution in [3.63, 3.8) is 0 Å². The van der Waals surface area contributed by atoms with Gasteiger partial charge < -0.3 is 20.9 Å². The van der Waals surface area contributed by atoms with Gasteiger partial charge in [0, 0.05) is 13.1 Å². The van der Waals surface area contributed by atoms with Crippen molar-refractivity contribution < 1.29 is 23.2 Å². The number of carbonyl (C=O) groups is 3. The molecule has 8 nitrogen and oxygen atoms in total. The summed E-state index contributed by atoms with van der Waals surface area (Å²) in [4.78, 5) is 44.2. The highest BCUT2D eigenvalue weighted by atomic mass is 35.5. The molecule has 0 atom stereocenters. The maximum absolute atomic E-state index is 14.1. The highest BCUT2D eigenvalue weighted by molar-refractivity contribution is 6.33. The van der Waals surface area contributed by atoms with Crippen molar-refractivity contribution in [2.45, 2.75) is 31.2 Å². The minimum Gasteiger partial charge on any atom is -0.354 e. The molecule has 2 aliphatic carbocycles. The first kappa shape index (κ1) is 20.3. The number of nitrogens with zero attached hydrogens (tertiary/aromatic N) is 1. The predicted octanol–water partition coefficient (Wildman–Crippen LogP) is 2.38. The SMILES string of the molecule is CNC(=O)c1[nH]cnc1C(=O)NC12CCC1(C(=O)Nc1c(F)cc(F)cc1Cl)CC2. The molecule has 2 saturated carbocycles. The molecule has 0 unspecified atom stereocenters. The molecule has 2 fully saturated rings. The number of imidazole rings is 1. The van der Waals surface area contributed by atoms with E-state index in [0.29, 0.717) is 31.7 Å². The van der Waals surface area contributed by atoms with Crippen LogP contribution >= 0.6 is 11.6 Å². The lowest BCUT2D eigenvalue weighted by Gasteiger charge is -2.66. The molecule has 11 heteroatoms. The largest absolute Gasteiger partial charge is 0.354 e. The van der Waals surface area contributed by atoms with Crippen molar-refractivity contribution in [3.8, 4) is 0 Å². The topological polar surface area (TPSA) is 116 Å². The smallest absolute Gasteiger partial charge is 0.272 e. The van der Waals surface area contributed by atoms with E-state index in [2.05, 4.69) is 25.9 Å². The molecule has 1 aromatic heterocycles. The summed E-state index contributed by atoms with van der Waals surface area (Å²) >= 11 is 5.88. The number of aromatic nitrogens is 2. The van der Waals surface area contributed by atoms with Crippen LogP contribution in [0.3, 0.4) is 0 Å². The Kier molecular flexibility index (Phi) is 4.76. The zero-order valence-electron chi connectivity index (χ0n) is 15.9. The summed E-state index contributed by atoms with van der Waals surface area (Å²) in [6.07, 6.45) is 3.31. The summed E-state index contributed by atoms with van der Waals surface area (Å²) in [6, 6.07) is 1.54. The lowest BCUT2D eigenvalue weighted by Crippen LogP contribution is -2.77. The molecular weight excluding hydrogens is 420 g/mol. The number of fused-ring (bicyclic) bond motifs is 1. The maximum atomic E-state index is 14.1. The number of carbonyl (C=O) groups excluding carboxylic acids is 3. The molecule has 2 aliphatic rings. The van der Waals surface area contributed by atoms with E-state index in [1.807, 2.05) is 0 Å². The van der Waals surface area contributed by atoms with E-state index in [1.54, 1.807) is 0 Å². The van der Waals surface area contributed by atoms with Gasteiger partial charge in [0.15, 0.2) is 11.5 Å². The molecule has 30 heavy (non-hydrogen) atoms. The molecule has 0 aliphatic heterocycles. The highest BCUT2D eigenvalue weighted by Crippen LogP contribution is 2.64. The fraction of sp³-hybridized carbons (Fsp3) is 0.368. The summed E-state index contributed by atoms with van der Waals surface area (Å²) in [5.41, 5.74) is -2.12. The van der Waals surface area contributed by atoms with E-state index in [-0.39, 0.29) is 22.1 Å². The van der Waals surface area contributed by atoms with Gasteiger partial charge in [-0.15, -0.1) is 0 Å². The number of halogens is 3. The summed E-state index contributed by atoms with van der Waals surface area (Å²) in [5, 5.41) is 7.46. The van der Waals surface area contributed by atoms with Gasteiger partial charge in [0.25, 0.3) is 11.8 Å². The minimum atomic E-state index is -0.982. The molecule has 1 aromatic carbocycles. The molecule has 3 amide bonds. The molecule has 0 radical (unpaired) electrons. The lowest BCUT2D eigenvalue weighted by molar-refractivity contribution is -0.161. The third-order valence-corrected chi connectivity index (χ3v) is 6.51. The number of aromatic amines is 1. The second-order valence-corrected chi connectivity index (χ2v) is 7.93. The number of anilines is 1. The highest BCUT2D eigenvalue weighted by Gasteiger charge is 2.70. The third kappa shape index (κ3) is 2.85. The van der Waals surface area contributed by atoms with Crippen molar-refractivity contribution in [1.82, 2.24) is 20.6 Å². The second kappa shape index (κ2) is 7.05. The number of amides is 3. The fourth-order valence-electron chi connectivity index (χ4n) is 4.33. The van der Waals surface area contributed by atoms with Gasteiger partial charge in [0.05, 0.1) is 28.0 Å². The van der Waals surface area contributed by atoms with Crippen LogP contribution in [0.2, 0.25) is 5.02 Å². The number of hydrogen-bond acceptors (Lipinski definition) is 4. The molecule has 4 N–H and O–H groups in total. The number of H-pyrrole nitrogens is 1. The van der Waals surface area contributed by atoms with Crippen LogP contribution in [0.15, 0.2) is 18.5 Å². The average Bonchev–Trinajstić information content (AvgIpc) is 3.18. The summed E-state index contributed by atoms with van der Waals surface area (Å²) in [6.45, 7) is 0. The maximum Gasteiger partial charge on any atom is 0.272 e. The van der Waals surface area contributed by atoms with Gasteiger partial charge in [0.1, 0.15) is 11.5 Å². The molecule has 2 aromatic rings. The average molecular weight is 438 g/mol. The van der Waals surface area contributed by atoms with Crippen molar-refractivity contribution in [2.24, 2.45) is 5.41 Å². The normalized spacial score (nSPS) is 24.1. The van der Waals surface area contributed by atoms with E-state index < -0.39 is 40.3 Å². The molecular formula is C19H18ClF2N5O3. The third-order valence-electron chi connectivity index (χ3n) is 6.21. The summed E-state index contributed by atoms with van der Waals surface area (Å²) in [7, 11) is 1.43. The monoisotopic (exact) mass is 437 g/mol. The Morgan fingerprint density at radius 2 is 1.83 bits per heavy atom. The van der Waals surface area contributed by atoms with Gasteiger partial charge in [-0.2, -0.15) is 0 Å². The fourth-order valence-corrected chi connectivity index (χ4v) is 4.57. The molecule has 158 valence electrons.